The van der Waals surface area contributed by atoms with Gasteiger partial charge in [0.1, 0.15) is 5.75 Å². The van der Waals surface area contributed by atoms with Gasteiger partial charge in [-0.25, -0.2) is 5.43 Å². The Bertz CT molecular complexity index is 808. The van der Waals surface area contributed by atoms with Gasteiger partial charge < -0.3 is 14.2 Å². The number of carbonyl (C=O) groups excluding carboxylic acids is 1. The SMILES string of the molecule is COc1ccc(C(C)=NNC(=O)COc2c(Br)cc(Br)cc2OC)cc1. The van der Waals surface area contributed by atoms with Gasteiger partial charge in [0.05, 0.1) is 24.4 Å². The fraction of sp³-hybridized carbons (Fsp3) is 0.222. The van der Waals surface area contributed by atoms with E-state index in [0.717, 1.165) is 15.8 Å². The minimum atomic E-state index is -0.380. The average Bonchev–Trinajstić information content (AvgIpc) is 2.64. The molecule has 8 heteroatoms. The monoisotopic (exact) mass is 484 g/mol. The van der Waals surface area contributed by atoms with Gasteiger partial charge in [-0.05, 0) is 64.8 Å². The number of benzene rings is 2. The number of hydrogen-bond acceptors (Lipinski definition) is 5. The molecule has 0 bridgehead atoms. The van der Waals surface area contributed by atoms with Crippen LogP contribution in [0, 0.1) is 0 Å². The third-order valence-electron chi connectivity index (χ3n) is 3.40. The molecule has 0 fully saturated rings. The lowest BCUT2D eigenvalue weighted by Gasteiger charge is -2.12. The predicted octanol–water partition coefficient (Wildman–Crippen LogP) is 4.15. The molecule has 0 atom stereocenters. The van der Waals surface area contributed by atoms with Gasteiger partial charge in [-0.2, -0.15) is 5.10 Å². The Morgan fingerprint density at radius 3 is 2.42 bits per heavy atom. The minimum absolute atomic E-state index is 0.198. The Hall–Kier alpha value is -2.06. The Kier molecular flexibility index (Phi) is 7.47. The number of hydrazone groups is 1. The van der Waals surface area contributed by atoms with Gasteiger partial charge in [0.25, 0.3) is 5.91 Å². The summed E-state index contributed by atoms with van der Waals surface area (Å²) < 4.78 is 17.4. The standard InChI is InChI=1S/C18H18Br2N2O4/c1-11(12-4-6-14(24-2)7-5-12)21-22-17(23)10-26-18-15(20)8-13(19)9-16(18)25-3/h4-9H,10H2,1-3H3,(H,22,23). The van der Waals surface area contributed by atoms with Crippen LogP contribution in [0.1, 0.15) is 12.5 Å². The highest BCUT2D eigenvalue weighted by molar-refractivity contribution is 9.11. The van der Waals surface area contributed by atoms with Crippen molar-refractivity contribution >= 4 is 43.5 Å². The van der Waals surface area contributed by atoms with E-state index in [2.05, 4.69) is 42.4 Å². The number of nitrogens with zero attached hydrogens (tertiary/aromatic N) is 1. The summed E-state index contributed by atoms with van der Waals surface area (Å²) in [4.78, 5) is 12.0. The van der Waals surface area contributed by atoms with Crippen LogP contribution in [0.5, 0.6) is 17.2 Å². The molecule has 0 aliphatic carbocycles. The average molecular weight is 486 g/mol. The molecule has 0 radical (unpaired) electrons. The summed E-state index contributed by atoms with van der Waals surface area (Å²) in [6.45, 7) is 1.60. The summed E-state index contributed by atoms with van der Waals surface area (Å²) in [7, 11) is 3.14. The summed E-state index contributed by atoms with van der Waals surface area (Å²) in [5.74, 6) is 1.33. The molecule has 0 aromatic heterocycles. The lowest BCUT2D eigenvalue weighted by atomic mass is 10.1. The molecule has 0 aliphatic rings. The van der Waals surface area contributed by atoms with Crippen molar-refractivity contribution in [2.24, 2.45) is 5.10 Å². The number of rotatable bonds is 7. The zero-order chi connectivity index (χ0) is 19.1. The summed E-state index contributed by atoms with van der Waals surface area (Å²) in [6.07, 6.45) is 0. The second-order valence-corrected chi connectivity index (χ2v) is 6.94. The van der Waals surface area contributed by atoms with Gasteiger partial charge in [0.2, 0.25) is 0 Å². The topological polar surface area (TPSA) is 69.2 Å². The van der Waals surface area contributed by atoms with E-state index in [9.17, 15) is 4.79 Å². The van der Waals surface area contributed by atoms with Crippen molar-refractivity contribution in [1.82, 2.24) is 5.43 Å². The lowest BCUT2D eigenvalue weighted by Crippen LogP contribution is -2.25. The van der Waals surface area contributed by atoms with Gasteiger partial charge in [-0.3, -0.25) is 4.79 Å². The molecule has 0 unspecified atom stereocenters. The van der Waals surface area contributed by atoms with E-state index >= 15 is 0 Å². The van der Waals surface area contributed by atoms with Crippen LogP contribution in [0.2, 0.25) is 0 Å². The summed E-state index contributed by atoms with van der Waals surface area (Å²) in [6, 6.07) is 11.0. The molecule has 0 aliphatic heterocycles. The Morgan fingerprint density at radius 2 is 1.81 bits per heavy atom. The van der Waals surface area contributed by atoms with E-state index in [4.69, 9.17) is 14.2 Å². The first-order valence-corrected chi connectivity index (χ1v) is 9.16. The highest BCUT2D eigenvalue weighted by atomic mass is 79.9. The maximum Gasteiger partial charge on any atom is 0.277 e. The molecule has 0 saturated carbocycles. The third-order valence-corrected chi connectivity index (χ3v) is 4.44. The van der Waals surface area contributed by atoms with Crippen LogP contribution in [0.4, 0.5) is 0 Å². The van der Waals surface area contributed by atoms with Gasteiger partial charge in [-0.15, -0.1) is 0 Å². The largest absolute Gasteiger partial charge is 0.497 e. The van der Waals surface area contributed by atoms with Crippen LogP contribution >= 0.6 is 31.9 Å². The molecular weight excluding hydrogens is 468 g/mol. The quantitative estimate of drug-likeness (QED) is 0.472. The molecule has 0 spiro atoms. The summed E-state index contributed by atoms with van der Waals surface area (Å²) in [5, 5.41) is 4.09. The summed E-state index contributed by atoms with van der Waals surface area (Å²) >= 11 is 6.76. The van der Waals surface area contributed by atoms with E-state index in [1.807, 2.05) is 30.3 Å². The van der Waals surface area contributed by atoms with Crippen molar-refractivity contribution < 1.29 is 19.0 Å². The smallest absolute Gasteiger partial charge is 0.277 e. The first kappa shape index (κ1) is 20.3. The molecule has 0 heterocycles. The van der Waals surface area contributed by atoms with Crippen molar-refractivity contribution in [2.45, 2.75) is 6.92 Å². The van der Waals surface area contributed by atoms with Gasteiger partial charge in [0, 0.05) is 4.47 Å². The van der Waals surface area contributed by atoms with Crippen molar-refractivity contribution in [2.75, 3.05) is 20.8 Å². The predicted molar refractivity (Wildman–Crippen MR) is 107 cm³/mol. The Morgan fingerprint density at radius 1 is 1.12 bits per heavy atom. The normalized spacial score (nSPS) is 11.0. The highest BCUT2D eigenvalue weighted by Gasteiger charge is 2.13. The molecule has 6 nitrogen and oxygen atoms in total. The molecule has 2 aromatic carbocycles. The zero-order valence-corrected chi connectivity index (χ0v) is 17.7. The minimum Gasteiger partial charge on any atom is -0.497 e. The van der Waals surface area contributed by atoms with Crippen molar-refractivity contribution in [3.05, 3.63) is 50.9 Å². The van der Waals surface area contributed by atoms with Crippen LogP contribution < -0.4 is 19.6 Å². The number of amides is 1. The maximum absolute atomic E-state index is 12.0. The second-order valence-electron chi connectivity index (χ2n) is 5.17. The van der Waals surface area contributed by atoms with E-state index in [0.29, 0.717) is 21.7 Å². The zero-order valence-electron chi connectivity index (χ0n) is 14.5. The van der Waals surface area contributed by atoms with Crippen LogP contribution in [0.15, 0.2) is 50.4 Å². The Balaban J connectivity index is 1.96. The first-order valence-electron chi connectivity index (χ1n) is 7.58. The van der Waals surface area contributed by atoms with E-state index in [1.54, 1.807) is 20.1 Å². The van der Waals surface area contributed by atoms with E-state index in [1.165, 1.54) is 7.11 Å². The number of methoxy groups -OCH3 is 2. The van der Waals surface area contributed by atoms with Crippen LogP contribution in [-0.2, 0) is 4.79 Å². The Labute approximate surface area is 168 Å². The van der Waals surface area contributed by atoms with Gasteiger partial charge in [0.15, 0.2) is 18.1 Å². The molecule has 1 amide bonds. The molecule has 2 rings (SSSR count). The number of hydrogen-bond donors (Lipinski definition) is 1. The first-order chi connectivity index (χ1) is 12.4. The van der Waals surface area contributed by atoms with Crippen LogP contribution in [-0.4, -0.2) is 32.4 Å². The number of nitrogens with one attached hydrogen (secondary N) is 1. The fourth-order valence-corrected chi connectivity index (χ4v) is 3.34. The van der Waals surface area contributed by atoms with Crippen LogP contribution in [0.3, 0.4) is 0 Å². The van der Waals surface area contributed by atoms with E-state index < -0.39 is 0 Å². The van der Waals surface area contributed by atoms with Crippen molar-refractivity contribution in [3.8, 4) is 17.2 Å². The highest BCUT2D eigenvalue weighted by Crippen LogP contribution is 2.38. The summed E-state index contributed by atoms with van der Waals surface area (Å²) in [5.41, 5.74) is 4.02. The van der Waals surface area contributed by atoms with Gasteiger partial charge >= 0.3 is 0 Å². The number of halogens is 2. The van der Waals surface area contributed by atoms with Gasteiger partial charge in [-0.1, -0.05) is 15.9 Å². The molecule has 2 aromatic rings. The molecule has 1 N–H and O–H groups in total. The molecule has 26 heavy (non-hydrogen) atoms. The van der Waals surface area contributed by atoms with Crippen molar-refractivity contribution in [3.63, 3.8) is 0 Å². The molecular formula is C18H18Br2N2O4. The lowest BCUT2D eigenvalue weighted by molar-refractivity contribution is -0.123. The van der Waals surface area contributed by atoms with E-state index in [-0.39, 0.29) is 12.5 Å². The molecule has 0 saturated heterocycles. The fourth-order valence-electron chi connectivity index (χ4n) is 2.04. The van der Waals surface area contributed by atoms with Crippen molar-refractivity contribution in [1.29, 1.82) is 0 Å². The maximum atomic E-state index is 12.0. The molecule has 138 valence electrons. The van der Waals surface area contributed by atoms with Crippen LogP contribution in [0.25, 0.3) is 0 Å². The third kappa shape index (κ3) is 5.47. The number of carbonyl (C=O) groups is 1. The number of ether oxygens (including phenoxy) is 3. The second kappa shape index (κ2) is 9.59.